The number of nitrogens with one attached hydrogen (secondary N) is 1. The number of hydrogen-bond acceptors (Lipinski definition) is 8. The number of methoxy groups -OCH3 is 1. The molecule has 0 saturated carbocycles. The van der Waals surface area contributed by atoms with Crippen molar-refractivity contribution in [2.24, 2.45) is 7.05 Å². The van der Waals surface area contributed by atoms with Crippen molar-refractivity contribution in [1.29, 1.82) is 0 Å². The third-order valence-electron chi connectivity index (χ3n) is 7.88. The zero-order valence-corrected chi connectivity index (χ0v) is 26.2. The molecule has 0 aliphatic carbocycles. The van der Waals surface area contributed by atoms with Crippen LogP contribution < -0.4 is 10.4 Å². The van der Waals surface area contributed by atoms with Gasteiger partial charge in [-0.05, 0) is 18.2 Å². The number of anilines is 1. The number of pyridine rings is 1. The van der Waals surface area contributed by atoms with Gasteiger partial charge in [0.1, 0.15) is 4.90 Å². The minimum absolute atomic E-state index is 0.154. The molecular formula is C33H33N7O5S. The normalized spacial score (nSPS) is 14.2. The van der Waals surface area contributed by atoms with Gasteiger partial charge in [-0.15, -0.1) is 0 Å². The third-order valence-corrected chi connectivity index (χ3v) is 9.74. The Morgan fingerprint density at radius 3 is 2.22 bits per heavy atom. The first kappa shape index (κ1) is 30.9. The molecule has 1 N–H and O–H groups in total. The molecule has 0 spiro atoms. The van der Waals surface area contributed by atoms with Gasteiger partial charge < -0.3 is 4.74 Å². The maximum absolute atomic E-state index is 14.3. The number of fused-ring (bicyclic) bond motifs is 1. The number of hydrazine groups is 1. The van der Waals surface area contributed by atoms with Crippen LogP contribution in [0.1, 0.15) is 15.9 Å². The third kappa shape index (κ3) is 6.20. The Kier molecular flexibility index (Phi) is 8.79. The zero-order chi connectivity index (χ0) is 32.3. The van der Waals surface area contributed by atoms with Gasteiger partial charge in [0.25, 0.3) is 5.91 Å². The van der Waals surface area contributed by atoms with E-state index in [1.165, 1.54) is 28.5 Å². The Labute approximate surface area is 266 Å². The lowest BCUT2D eigenvalue weighted by molar-refractivity contribution is 0.0940. The number of piperazine rings is 1. The zero-order valence-electron chi connectivity index (χ0n) is 25.4. The highest BCUT2D eigenvalue weighted by molar-refractivity contribution is 7.89. The lowest BCUT2D eigenvalue weighted by Crippen LogP contribution is -2.49. The van der Waals surface area contributed by atoms with Gasteiger partial charge >= 0.3 is 6.09 Å². The predicted octanol–water partition coefficient (Wildman–Crippen LogP) is 4.06. The molecule has 3 aromatic carbocycles. The number of amides is 2. The number of benzene rings is 3. The number of para-hydroxylation sites is 2. The molecule has 1 saturated heterocycles. The molecule has 1 aliphatic heterocycles. The minimum atomic E-state index is -3.69. The number of aromatic nitrogens is 3. The topological polar surface area (TPSA) is 130 Å². The standard InChI is InChI=1S/C33H33N7O5S/c1-37-22-26(21-34-37)46(43,44)39-19-17-38(18-20-39)23-28-30(32(41)36-40(33(42)45-2)25-13-7-4-8-14-25)27-15-9-10-16-29(27)35-31(28)24-11-5-3-6-12-24/h3-16,21-22H,17-20,23H2,1-2H3,(H,36,41). The average Bonchev–Trinajstić information content (AvgIpc) is 3.54. The van der Waals surface area contributed by atoms with E-state index < -0.39 is 22.0 Å². The van der Waals surface area contributed by atoms with Crippen molar-refractivity contribution in [3.05, 3.63) is 108 Å². The smallest absolute Gasteiger partial charge is 0.433 e. The summed E-state index contributed by atoms with van der Waals surface area (Å²) in [6, 6.07) is 25.7. The van der Waals surface area contributed by atoms with Crippen LogP contribution in [0.5, 0.6) is 0 Å². The summed E-state index contributed by atoms with van der Waals surface area (Å²) in [7, 11) is -0.765. The minimum Gasteiger partial charge on any atom is -0.451 e. The van der Waals surface area contributed by atoms with E-state index in [0.717, 1.165) is 10.6 Å². The Hall–Kier alpha value is -5.11. The molecule has 2 amide bonds. The van der Waals surface area contributed by atoms with E-state index in [2.05, 4.69) is 15.4 Å². The number of carbonyl (C=O) groups is 2. The Morgan fingerprint density at radius 2 is 1.57 bits per heavy atom. The van der Waals surface area contributed by atoms with Gasteiger partial charge in [0.15, 0.2) is 0 Å². The second-order valence-corrected chi connectivity index (χ2v) is 12.7. The largest absolute Gasteiger partial charge is 0.451 e. The van der Waals surface area contributed by atoms with Gasteiger partial charge in [0.2, 0.25) is 10.0 Å². The first-order valence-corrected chi connectivity index (χ1v) is 16.1. The molecule has 12 nitrogen and oxygen atoms in total. The number of aryl methyl sites for hydroxylation is 1. The summed E-state index contributed by atoms with van der Waals surface area (Å²) in [5.41, 5.74) is 6.28. The summed E-state index contributed by atoms with van der Waals surface area (Å²) in [6.45, 7) is 1.71. The number of hydrogen-bond donors (Lipinski definition) is 1. The number of nitrogens with zero attached hydrogens (tertiary/aromatic N) is 6. The van der Waals surface area contributed by atoms with Crippen LogP contribution in [-0.4, -0.2) is 77.7 Å². The van der Waals surface area contributed by atoms with Crippen molar-refractivity contribution in [2.75, 3.05) is 38.3 Å². The first-order chi connectivity index (χ1) is 22.3. The molecule has 13 heteroatoms. The predicted molar refractivity (Wildman–Crippen MR) is 173 cm³/mol. The summed E-state index contributed by atoms with van der Waals surface area (Å²) < 4.78 is 34.4. The van der Waals surface area contributed by atoms with Crippen molar-refractivity contribution in [3.63, 3.8) is 0 Å². The van der Waals surface area contributed by atoms with Gasteiger partial charge in [-0.25, -0.2) is 18.2 Å². The highest BCUT2D eigenvalue weighted by Crippen LogP contribution is 2.32. The maximum atomic E-state index is 14.3. The molecule has 5 aromatic rings. The van der Waals surface area contributed by atoms with Crippen LogP contribution in [0.15, 0.2) is 102 Å². The van der Waals surface area contributed by atoms with E-state index in [-0.39, 0.29) is 18.0 Å². The van der Waals surface area contributed by atoms with Crippen LogP contribution in [0, 0.1) is 0 Å². The molecule has 1 aliphatic rings. The van der Waals surface area contributed by atoms with Crippen LogP contribution in [0.4, 0.5) is 10.5 Å². The van der Waals surface area contributed by atoms with Gasteiger partial charge in [0.05, 0.1) is 35.8 Å². The lowest BCUT2D eigenvalue weighted by atomic mass is 9.95. The molecule has 0 unspecified atom stereocenters. The summed E-state index contributed by atoms with van der Waals surface area (Å²) in [4.78, 5) is 34.5. The SMILES string of the molecule is COC(=O)N(NC(=O)c1c(CN2CCN(S(=O)(=O)c3cnn(C)c3)CC2)c(-c2ccccc2)nc2ccccc12)c1ccccc1. The number of carbonyl (C=O) groups excluding carboxylic acids is 2. The maximum Gasteiger partial charge on any atom is 0.433 e. The molecule has 46 heavy (non-hydrogen) atoms. The fraction of sp³-hybridized carbons (Fsp3) is 0.212. The molecule has 0 bridgehead atoms. The Balaban J connectivity index is 1.39. The summed E-state index contributed by atoms with van der Waals surface area (Å²) >= 11 is 0. The van der Waals surface area contributed by atoms with Crippen molar-refractivity contribution in [2.45, 2.75) is 11.4 Å². The molecule has 0 atom stereocenters. The quantitative estimate of drug-likeness (QED) is 0.264. The molecule has 6 rings (SSSR count). The highest BCUT2D eigenvalue weighted by Gasteiger charge is 2.32. The summed E-state index contributed by atoms with van der Waals surface area (Å²) in [5.74, 6) is -0.516. The first-order valence-electron chi connectivity index (χ1n) is 14.7. The highest BCUT2D eigenvalue weighted by atomic mass is 32.2. The van der Waals surface area contributed by atoms with Gasteiger partial charge in [-0.3, -0.25) is 19.8 Å². The summed E-state index contributed by atoms with van der Waals surface area (Å²) in [6.07, 6.45) is 2.09. The van der Waals surface area contributed by atoms with E-state index in [1.54, 1.807) is 31.3 Å². The Morgan fingerprint density at radius 1 is 0.913 bits per heavy atom. The van der Waals surface area contributed by atoms with E-state index in [4.69, 9.17) is 9.72 Å². The number of sulfonamides is 1. The second kappa shape index (κ2) is 13.1. The van der Waals surface area contributed by atoms with E-state index in [9.17, 15) is 18.0 Å². The van der Waals surface area contributed by atoms with E-state index in [0.29, 0.717) is 53.0 Å². The molecule has 0 radical (unpaired) electrons. The molecule has 3 heterocycles. The van der Waals surface area contributed by atoms with Gasteiger partial charge in [-0.2, -0.15) is 14.4 Å². The number of rotatable bonds is 7. The van der Waals surface area contributed by atoms with Crippen LogP contribution >= 0.6 is 0 Å². The van der Waals surface area contributed by atoms with Gasteiger partial charge in [0, 0.05) is 62.5 Å². The number of ether oxygens (including phenoxy) is 1. The van der Waals surface area contributed by atoms with Crippen molar-refractivity contribution < 1.29 is 22.7 Å². The van der Waals surface area contributed by atoms with Crippen molar-refractivity contribution in [3.8, 4) is 11.3 Å². The second-order valence-electron chi connectivity index (χ2n) is 10.8. The van der Waals surface area contributed by atoms with Crippen LogP contribution in [-0.2, 0) is 28.4 Å². The Bertz CT molecular complexity index is 1980. The van der Waals surface area contributed by atoms with Crippen LogP contribution in [0.25, 0.3) is 22.2 Å². The molecule has 1 fully saturated rings. The van der Waals surface area contributed by atoms with Crippen molar-refractivity contribution in [1.82, 2.24) is 29.4 Å². The lowest BCUT2D eigenvalue weighted by Gasteiger charge is -2.34. The molecule has 236 valence electrons. The van der Waals surface area contributed by atoms with Gasteiger partial charge in [-0.1, -0.05) is 66.7 Å². The average molecular weight is 640 g/mol. The fourth-order valence-electron chi connectivity index (χ4n) is 5.57. The van der Waals surface area contributed by atoms with Crippen LogP contribution in [0.3, 0.4) is 0 Å². The summed E-state index contributed by atoms with van der Waals surface area (Å²) in [5, 5.41) is 5.71. The molecular weight excluding hydrogens is 606 g/mol. The fourth-order valence-corrected chi connectivity index (χ4v) is 6.98. The molecule has 2 aromatic heterocycles. The van der Waals surface area contributed by atoms with E-state index >= 15 is 0 Å². The van der Waals surface area contributed by atoms with Crippen molar-refractivity contribution >= 4 is 38.6 Å². The van der Waals surface area contributed by atoms with Crippen LogP contribution in [0.2, 0.25) is 0 Å². The van der Waals surface area contributed by atoms with E-state index in [1.807, 2.05) is 60.7 Å². The monoisotopic (exact) mass is 639 g/mol.